The van der Waals surface area contributed by atoms with Crippen molar-refractivity contribution >= 4 is 41.5 Å². The summed E-state index contributed by atoms with van der Waals surface area (Å²) in [6.07, 6.45) is 0. The molecule has 0 spiro atoms. The molecule has 158 valence electrons. The Morgan fingerprint density at radius 1 is 0.966 bits per heavy atom. The monoisotopic (exact) mass is 509 g/mol. The Morgan fingerprint density at radius 3 is 2.24 bits per heavy atom. The number of rotatable bonds is 7. The molecular weight excluding hydrogens is 477 g/mol. The number of anilines is 1. The van der Waals surface area contributed by atoms with Crippen molar-refractivity contribution in [2.75, 3.05) is 39.6 Å². The molecule has 0 saturated heterocycles. The first-order chi connectivity index (χ1) is 13.4. The molecule has 1 amide bonds. The van der Waals surface area contributed by atoms with Crippen LogP contribution >= 0.6 is 24.0 Å². The van der Waals surface area contributed by atoms with Crippen molar-refractivity contribution in [3.05, 3.63) is 65.2 Å². The number of amides is 1. The van der Waals surface area contributed by atoms with Crippen LogP contribution in [0.1, 0.15) is 28.4 Å². The molecule has 0 unspecified atom stereocenters. The highest BCUT2D eigenvalue weighted by atomic mass is 127. The van der Waals surface area contributed by atoms with E-state index in [1.54, 1.807) is 19.0 Å². The van der Waals surface area contributed by atoms with Crippen molar-refractivity contribution < 1.29 is 4.79 Å². The molecule has 0 radical (unpaired) electrons. The second-order valence-corrected chi connectivity index (χ2v) is 7.01. The molecule has 0 atom stereocenters. The van der Waals surface area contributed by atoms with Gasteiger partial charge in [-0.25, -0.2) is 4.99 Å². The molecule has 0 aromatic heterocycles. The standard InChI is InChI=1S/C22H31N5O.HI/c1-6-23-22(25-16-18-8-7-9-20(14-18)26(2)3)24-15-17-10-12-19(13-11-17)21(28)27(4)5;/h7-14H,6,15-16H2,1-5H3,(H2,23,24,25);1H. The van der Waals surface area contributed by atoms with E-state index < -0.39 is 0 Å². The lowest BCUT2D eigenvalue weighted by Crippen LogP contribution is -2.36. The van der Waals surface area contributed by atoms with Crippen LogP contribution < -0.4 is 15.5 Å². The van der Waals surface area contributed by atoms with E-state index in [1.165, 1.54) is 0 Å². The van der Waals surface area contributed by atoms with Crippen LogP contribution in [0.5, 0.6) is 0 Å². The number of guanidine groups is 1. The van der Waals surface area contributed by atoms with Gasteiger partial charge < -0.3 is 20.4 Å². The number of carbonyl (C=O) groups excluding carboxylic acids is 1. The average Bonchev–Trinajstić information content (AvgIpc) is 2.70. The van der Waals surface area contributed by atoms with Gasteiger partial charge >= 0.3 is 0 Å². The molecule has 2 N–H and O–H groups in total. The molecule has 2 aromatic carbocycles. The van der Waals surface area contributed by atoms with E-state index in [0.29, 0.717) is 18.7 Å². The van der Waals surface area contributed by atoms with Gasteiger partial charge in [0.25, 0.3) is 5.91 Å². The quantitative estimate of drug-likeness (QED) is 0.342. The minimum Gasteiger partial charge on any atom is -0.378 e. The van der Waals surface area contributed by atoms with Gasteiger partial charge in [0.05, 0.1) is 6.54 Å². The third-order valence-corrected chi connectivity index (χ3v) is 4.26. The maximum atomic E-state index is 12.0. The van der Waals surface area contributed by atoms with Crippen LogP contribution in [-0.2, 0) is 13.1 Å². The molecule has 0 fully saturated rings. The molecule has 0 aliphatic rings. The predicted molar refractivity (Wildman–Crippen MR) is 132 cm³/mol. The smallest absolute Gasteiger partial charge is 0.253 e. The first-order valence-electron chi connectivity index (χ1n) is 9.49. The van der Waals surface area contributed by atoms with Crippen LogP contribution in [0.25, 0.3) is 0 Å². The van der Waals surface area contributed by atoms with E-state index in [-0.39, 0.29) is 29.9 Å². The summed E-state index contributed by atoms with van der Waals surface area (Å²) in [6, 6.07) is 16.0. The van der Waals surface area contributed by atoms with Gasteiger partial charge in [-0.3, -0.25) is 4.79 Å². The summed E-state index contributed by atoms with van der Waals surface area (Å²) in [6.45, 7) is 4.08. The van der Waals surface area contributed by atoms with Crippen molar-refractivity contribution in [3.8, 4) is 0 Å². The Labute approximate surface area is 191 Å². The highest BCUT2D eigenvalue weighted by Crippen LogP contribution is 2.14. The Morgan fingerprint density at radius 2 is 1.66 bits per heavy atom. The normalized spacial score (nSPS) is 10.7. The van der Waals surface area contributed by atoms with Crippen LogP contribution in [0.4, 0.5) is 5.69 Å². The molecule has 6 nitrogen and oxygen atoms in total. The van der Waals surface area contributed by atoms with E-state index in [1.807, 2.05) is 45.3 Å². The van der Waals surface area contributed by atoms with Gasteiger partial charge in [0.1, 0.15) is 0 Å². The second-order valence-electron chi connectivity index (χ2n) is 7.01. The summed E-state index contributed by atoms with van der Waals surface area (Å²) < 4.78 is 0. The van der Waals surface area contributed by atoms with Crippen LogP contribution in [0, 0.1) is 0 Å². The maximum absolute atomic E-state index is 12.0. The zero-order valence-electron chi connectivity index (χ0n) is 17.9. The number of nitrogens with zero attached hydrogens (tertiary/aromatic N) is 3. The van der Waals surface area contributed by atoms with E-state index in [2.05, 4.69) is 44.8 Å². The maximum Gasteiger partial charge on any atom is 0.253 e. The van der Waals surface area contributed by atoms with Crippen LogP contribution in [-0.4, -0.2) is 51.5 Å². The predicted octanol–water partition coefficient (Wildman–Crippen LogP) is 3.33. The Balaban J connectivity index is 0.00000420. The number of benzene rings is 2. The number of hydrogen-bond acceptors (Lipinski definition) is 3. The summed E-state index contributed by atoms with van der Waals surface area (Å²) in [5.74, 6) is 0.778. The van der Waals surface area contributed by atoms with Crippen molar-refractivity contribution in [2.45, 2.75) is 20.0 Å². The van der Waals surface area contributed by atoms with Gasteiger partial charge in [0.2, 0.25) is 0 Å². The lowest BCUT2D eigenvalue weighted by Gasteiger charge is -2.14. The van der Waals surface area contributed by atoms with Crippen molar-refractivity contribution in [1.29, 1.82) is 0 Å². The number of nitrogens with one attached hydrogen (secondary N) is 2. The minimum absolute atomic E-state index is 0. The molecule has 0 saturated carbocycles. The lowest BCUT2D eigenvalue weighted by molar-refractivity contribution is 0.0827. The summed E-state index contributed by atoms with van der Waals surface area (Å²) in [5.41, 5.74) is 4.11. The van der Waals surface area contributed by atoms with Crippen LogP contribution in [0.3, 0.4) is 0 Å². The third kappa shape index (κ3) is 7.92. The van der Waals surface area contributed by atoms with E-state index in [4.69, 9.17) is 0 Å². The average molecular weight is 509 g/mol. The van der Waals surface area contributed by atoms with Gasteiger partial charge in [0, 0.05) is 52.5 Å². The molecular formula is C22H32IN5O. The van der Waals surface area contributed by atoms with Gasteiger partial charge in [-0.1, -0.05) is 24.3 Å². The Hall–Kier alpha value is -2.29. The minimum atomic E-state index is 0. The molecule has 2 aromatic rings. The summed E-state index contributed by atoms with van der Waals surface area (Å²) in [7, 11) is 7.58. The van der Waals surface area contributed by atoms with Gasteiger partial charge in [-0.2, -0.15) is 0 Å². The van der Waals surface area contributed by atoms with E-state index in [0.717, 1.165) is 29.3 Å². The first-order valence-corrected chi connectivity index (χ1v) is 9.49. The fourth-order valence-corrected chi connectivity index (χ4v) is 2.65. The number of aliphatic imine (C=N–C) groups is 1. The van der Waals surface area contributed by atoms with E-state index in [9.17, 15) is 4.79 Å². The third-order valence-electron chi connectivity index (χ3n) is 4.26. The van der Waals surface area contributed by atoms with E-state index >= 15 is 0 Å². The topological polar surface area (TPSA) is 60.0 Å². The van der Waals surface area contributed by atoms with Crippen LogP contribution in [0.2, 0.25) is 0 Å². The van der Waals surface area contributed by atoms with Crippen molar-refractivity contribution in [1.82, 2.24) is 15.5 Å². The lowest BCUT2D eigenvalue weighted by atomic mass is 10.1. The fourth-order valence-electron chi connectivity index (χ4n) is 2.65. The van der Waals surface area contributed by atoms with Crippen molar-refractivity contribution in [2.24, 2.45) is 4.99 Å². The van der Waals surface area contributed by atoms with Gasteiger partial charge in [-0.15, -0.1) is 24.0 Å². The van der Waals surface area contributed by atoms with Gasteiger partial charge in [-0.05, 0) is 42.3 Å². The van der Waals surface area contributed by atoms with Crippen LogP contribution in [0.15, 0.2) is 53.5 Å². The Kier molecular flexibility index (Phi) is 10.5. The zero-order valence-corrected chi connectivity index (χ0v) is 20.2. The highest BCUT2D eigenvalue weighted by molar-refractivity contribution is 14.0. The number of hydrogen-bond donors (Lipinski definition) is 2. The number of carbonyl (C=O) groups is 1. The largest absolute Gasteiger partial charge is 0.378 e. The molecule has 0 aliphatic heterocycles. The first kappa shape index (κ1) is 24.7. The molecule has 0 aliphatic carbocycles. The SMILES string of the molecule is CCNC(=NCc1cccc(N(C)C)c1)NCc1ccc(C(=O)N(C)C)cc1.I. The second kappa shape index (κ2) is 12.3. The summed E-state index contributed by atoms with van der Waals surface area (Å²) in [5, 5.41) is 6.62. The number of halogens is 1. The fraction of sp³-hybridized carbons (Fsp3) is 0.364. The summed E-state index contributed by atoms with van der Waals surface area (Å²) >= 11 is 0. The highest BCUT2D eigenvalue weighted by Gasteiger charge is 2.07. The summed E-state index contributed by atoms with van der Waals surface area (Å²) in [4.78, 5) is 20.3. The molecule has 7 heteroatoms. The molecule has 0 heterocycles. The zero-order chi connectivity index (χ0) is 20.5. The molecule has 2 rings (SSSR count). The molecule has 29 heavy (non-hydrogen) atoms. The van der Waals surface area contributed by atoms with Gasteiger partial charge in [0.15, 0.2) is 5.96 Å². The van der Waals surface area contributed by atoms with Crippen molar-refractivity contribution in [3.63, 3.8) is 0 Å². The molecule has 0 bridgehead atoms. The Bertz CT molecular complexity index is 803.